The fourth-order valence-electron chi connectivity index (χ4n) is 3.26. The van der Waals surface area contributed by atoms with Crippen LogP contribution in [0.1, 0.15) is 28.8 Å². The van der Waals surface area contributed by atoms with Gasteiger partial charge >= 0.3 is 6.03 Å². The Kier molecular flexibility index (Phi) is 6.44. The van der Waals surface area contributed by atoms with Gasteiger partial charge in [0.05, 0.1) is 12.6 Å². The summed E-state index contributed by atoms with van der Waals surface area (Å²) >= 11 is 0. The van der Waals surface area contributed by atoms with Gasteiger partial charge in [-0.05, 0) is 49.1 Å². The molecule has 2 aromatic carbocycles. The zero-order valence-electron chi connectivity index (χ0n) is 15.2. The summed E-state index contributed by atoms with van der Waals surface area (Å²) < 4.78 is 0. The summed E-state index contributed by atoms with van der Waals surface area (Å²) in [6.07, 6.45) is 2.51. The van der Waals surface area contributed by atoms with Crippen LogP contribution in [-0.2, 0) is 6.42 Å². The second-order valence-electron chi connectivity index (χ2n) is 6.67. The van der Waals surface area contributed by atoms with E-state index in [0.717, 1.165) is 19.3 Å². The zero-order valence-corrected chi connectivity index (χ0v) is 15.2. The van der Waals surface area contributed by atoms with Crippen LogP contribution < -0.4 is 10.6 Å². The maximum atomic E-state index is 12.3. The van der Waals surface area contributed by atoms with Crippen molar-refractivity contribution < 1.29 is 14.7 Å². The van der Waals surface area contributed by atoms with Crippen molar-refractivity contribution in [3.63, 3.8) is 0 Å². The first-order valence-electron chi connectivity index (χ1n) is 9.28. The smallest absolute Gasteiger partial charge is 0.322 e. The van der Waals surface area contributed by atoms with Crippen LogP contribution in [0, 0.1) is 0 Å². The minimum atomic E-state index is -0.216. The highest BCUT2D eigenvalue weighted by Gasteiger charge is 2.27. The number of hydrogen-bond acceptors (Lipinski definition) is 3. The first kappa shape index (κ1) is 18.9. The molecule has 3 amide bonds. The van der Waals surface area contributed by atoms with Gasteiger partial charge in [-0.2, -0.15) is 0 Å². The molecule has 1 fully saturated rings. The lowest BCUT2D eigenvalue weighted by atomic mass is 10.1. The Hall–Kier alpha value is -2.86. The third-order valence-corrected chi connectivity index (χ3v) is 4.79. The molecule has 0 bridgehead atoms. The molecule has 0 unspecified atom stereocenters. The van der Waals surface area contributed by atoms with E-state index in [1.807, 2.05) is 30.3 Å². The van der Waals surface area contributed by atoms with Crippen molar-refractivity contribution in [3.8, 4) is 0 Å². The SMILES string of the molecule is O=C(NCCc1ccccc1)c1ccc(NC(=O)N2CCC[C@H]2CO)cc1. The molecule has 1 aliphatic heterocycles. The Morgan fingerprint density at radius 1 is 1.07 bits per heavy atom. The fourth-order valence-corrected chi connectivity index (χ4v) is 3.26. The van der Waals surface area contributed by atoms with E-state index >= 15 is 0 Å². The first-order valence-corrected chi connectivity index (χ1v) is 9.28. The minimum absolute atomic E-state index is 0.0183. The average Bonchev–Trinajstić information content (AvgIpc) is 3.18. The standard InChI is InChI=1S/C21H25N3O3/c25-15-19-7-4-14-24(19)21(27)23-18-10-8-17(9-11-18)20(26)22-13-12-16-5-2-1-3-6-16/h1-3,5-6,8-11,19,25H,4,7,12-15H2,(H,22,26)(H,23,27)/t19-/m0/s1. The van der Waals surface area contributed by atoms with Gasteiger partial charge in [0, 0.05) is 24.3 Å². The Balaban J connectivity index is 1.49. The average molecular weight is 367 g/mol. The molecule has 3 rings (SSSR count). The van der Waals surface area contributed by atoms with Crippen molar-refractivity contribution in [3.05, 3.63) is 65.7 Å². The maximum Gasteiger partial charge on any atom is 0.322 e. The van der Waals surface area contributed by atoms with Crippen LogP contribution >= 0.6 is 0 Å². The lowest BCUT2D eigenvalue weighted by molar-refractivity contribution is 0.0954. The predicted octanol–water partition coefficient (Wildman–Crippen LogP) is 2.65. The van der Waals surface area contributed by atoms with E-state index in [-0.39, 0.29) is 24.6 Å². The summed E-state index contributed by atoms with van der Waals surface area (Å²) in [5.74, 6) is -0.135. The fraction of sp³-hybridized carbons (Fsp3) is 0.333. The number of nitrogens with one attached hydrogen (secondary N) is 2. The molecule has 0 aromatic heterocycles. The Morgan fingerprint density at radius 2 is 1.81 bits per heavy atom. The summed E-state index contributed by atoms with van der Waals surface area (Å²) in [6, 6.07) is 16.5. The van der Waals surface area contributed by atoms with Gasteiger partial charge in [0.15, 0.2) is 0 Å². The van der Waals surface area contributed by atoms with Crippen LogP contribution in [0.4, 0.5) is 10.5 Å². The molecular formula is C21H25N3O3. The maximum absolute atomic E-state index is 12.3. The first-order chi connectivity index (χ1) is 13.2. The number of carbonyl (C=O) groups excluding carboxylic acids is 2. The van der Waals surface area contributed by atoms with Gasteiger partial charge in [-0.15, -0.1) is 0 Å². The van der Waals surface area contributed by atoms with Crippen LogP contribution in [0.3, 0.4) is 0 Å². The number of likely N-dealkylation sites (tertiary alicyclic amines) is 1. The van der Waals surface area contributed by atoms with Crippen molar-refractivity contribution in [2.24, 2.45) is 0 Å². The summed E-state index contributed by atoms with van der Waals surface area (Å²) in [5, 5.41) is 15.1. The van der Waals surface area contributed by atoms with Crippen LogP contribution in [-0.4, -0.2) is 47.7 Å². The second kappa shape index (κ2) is 9.19. The summed E-state index contributed by atoms with van der Waals surface area (Å²) in [6.45, 7) is 1.20. The number of aliphatic hydroxyl groups is 1. The Morgan fingerprint density at radius 3 is 2.52 bits per heavy atom. The molecule has 0 saturated carbocycles. The Labute approximate surface area is 159 Å². The molecule has 0 spiro atoms. The third kappa shape index (κ3) is 5.08. The highest BCUT2D eigenvalue weighted by Crippen LogP contribution is 2.18. The molecular weight excluding hydrogens is 342 g/mol. The van der Waals surface area contributed by atoms with E-state index in [1.165, 1.54) is 5.56 Å². The van der Waals surface area contributed by atoms with Crippen LogP contribution in [0.25, 0.3) is 0 Å². The topological polar surface area (TPSA) is 81.7 Å². The second-order valence-corrected chi connectivity index (χ2v) is 6.67. The minimum Gasteiger partial charge on any atom is -0.394 e. The number of rotatable bonds is 6. The monoisotopic (exact) mass is 367 g/mol. The molecule has 1 atom stereocenters. The van der Waals surface area contributed by atoms with E-state index in [0.29, 0.717) is 24.3 Å². The number of benzene rings is 2. The number of carbonyl (C=O) groups is 2. The summed E-state index contributed by atoms with van der Waals surface area (Å²) in [4.78, 5) is 26.2. The van der Waals surface area contributed by atoms with Gasteiger partial charge in [0.2, 0.25) is 0 Å². The molecule has 0 aliphatic carbocycles. The molecule has 6 nitrogen and oxygen atoms in total. The van der Waals surface area contributed by atoms with E-state index < -0.39 is 0 Å². The summed E-state index contributed by atoms with van der Waals surface area (Å²) in [5.41, 5.74) is 2.36. The van der Waals surface area contributed by atoms with E-state index in [9.17, 15) is 14.7 Å². The van der Waals surface area contributed by atoms with Crippen molar-refractivity contribution in [2.75, 3.05) is 25.0 Å². The number of hydrogen-bond donors (Lipinski definition) is 3. The van der Waals surface area contributed by atoms with Gasteiger partial charge in [0.25, 0.3) is 5.91 Å². The number of nitrogens with zero attached hydrogens (tertiary/aromatic N) is 1. The predicted molar refractivity (Wildman–Crippen MR) is 105 cm³/mol. The third-order valence-electron chi connectivity index (χ3n) is 4.79. The number of amides is 3. The van der Waals surface area contributed by atoms with Gasteiger partial charge in [-0.1, -0.05) is 30.3 Å². The Bertz CT molecular complexity index is 762. The lowest BCUT2D eigenvalue weighted by Crippen LogP contribution is -2.40. The van der Waals surface area contributed by atoms with Gasteiger partial charge < -0.3 is 20.6 Å². The molecule has 6 heteroatoms. The number of urea groups is 1. The van der Waals surface area contributed by atoms with Crippen molar-refractivity contribution in [1.82, 2.24) is 10.2 Å². The molecule has 1 saturated heterocycles. The van der Waals surface area contributed by atoms with Crippen LogP contribution in [0.15, 0.2) is 54.6 Å². The van der Waals surface area contributed by atoms with E-state index in [4.69, 9.17) is 0 Å². The normalized spacial score (nSPS) is 16.2. The van der Waals surface area contributed by atoms with Gasteiger partial charge in [-0.3, -0.25) is 4.79 Å². The number of aliphatic hydroxyl groups excluding tert-OH is 1. The van der Waals surface area contributed by atoms with Crippen molar-refractivity contribution >= 4 is 17.6 Å². The van der Waals surface area contributed by atoms with Crippen LogP contribution in [0.5, 0.6) is 0 Å². The molecule has 3 N–H and O–H groups in total. The lowest BCUT2D eigenvalue weighted by Gasteiger charge is -2.23. The number of anilines is 1. The molecule has 2 aromatic rings. The summed E-state index contributed by atoms with van der Waals surface area (Å²) in [7, 11) is 0. The molecule has 142 valence electrons. The zero-order chi connectivity index (χ0) is 19.1. The van der Waals surface area contributed by atoms with Gasteiger partial charge in [0.1, 0.15) is 0 Å². The highest BCUT2D eigenvalue weighted by atomic mass is 16.3. The van der Waals surface area contributed by atoms with Crippen LogP contribution in [0.2, 0.25) is 0 Å². The quantitative estimate of drug-likeness (QED) is 0.734. The van der Waals surface area contributed by atoms with E-state index in [1.54, 1.807) is 29.2 Å². The molecule has 27 heavy (non-hydrogen) atoms. The molecule has 0 radical (unpaired) electrons. The molecule has 1 aliphatic rings. The largest absolute Gasteiger partial charge is 0.394 e. The van der Waals surface area contributed by atoms with Crippen molar-refractivity contribution in [1.29, 1.82) is 0 Å². The van der Waals surface area contributed by atoms with Gasteiger partial charge in [-0.25, -0.2) is 4.79 Å². The van der Waals surface area contributed by atoms with Crippen molar-refractivity contribution in [2.45, 2.75) is 25.3 Å². The highest BCUT2D eigenvalue weighted by molar-refractivity contribution is 5.95. The molecule has 1 heterocycles. The van der Waals surface area contributed by atoms with E-state index in [2.05, 4.69) is 10.6 Å².